The van der Waals surface area contributed by atoms with Crippen LogP contribution in [-0.4, -0.2) is 16.7 Å². The Hall–Kier alpha value is -3.86. The minimum Gasteiger partial charge on any atom is -0.507 e. The predicted octanol–water partition coefficient (Wildman–Crippen LogP) is 7.80. The first-order valence-electron chi connectivity index (χ1n) is 13.8. The average Bonchev–Trinajstić information content (AvgIpc) is 3.04. The molecule has 1 aliphatic heterocycles. The van der Waals surface area contributed by atoms with E-state index in [4.69, 9.17) is 0 Å². The number of hydrogen-bond donors (Lipinski definition) is 3. The number of carbonyl (C=O) groups is 2. The molecule has 1 heterocycles. The van der Waals surface area contributed by atoms with Gasteiger partial charge in [0.2, 0.25) is 0 Å². The fraction of sp³-hybridized carbons (Fsp3) is 0.353. The van der Waals surface area contributed by atoms with Crippen molar-refractivity contribution in [3.63, 3.8) is 0 Å². The Morgan fingerprint density at radius 1 is 0.821 bits per heavy atom. The fourth-order valence-electron chi connectivity index (χ4n) is 5.61. The number of fused-ring (bicyclic) bond motifs is 1. The first-order valence-corrected chi connectivity index (χ1v) is 13.8. The molecule has 0 saturated carbocycles. The summed E-state index contributed by atoms with van der Waals surface area (Å²) in [5.74, 6) is 0.398. The minimum atomic E-state index is -0.389. The monoisotopic (exact) mass is 522 g/mol. The highest BCUT2D eigenvalue weighted by molar-refractivity contribution is 6.10. The van der Waals surface area contributed by atoms with Gasteiger partial charge in [-0.3, -0.25) is 9.59 Å². The van der Waals surface area contributed by atoms with Gasteiger partial charge < -0.3 is 15.7 Å². The van der Waals surface area contributed by atoms with E-state index in [1.54, 1.807) is 0 Å². The van der Waals surface area contributed by atoms with Crippen LogP contribution in [0, 0.1) is 0 Å². The van der Waals surface area contributed by atoms with Crippen molar-refractivity contribution in [3.8, 4) is 5.75 Å². The molecule has 5 rings (SSSR count). The lowest BCUT2D eigenvalue weighted by Gasteiger charge is -2.31. The molecule has 202 valence electrons. The molecule has 0 aromatic heterocycles. The van der Waals surface area contributed by atoms with Gasteiger partial charge in [-0.15, -0.1) is 0 Å². The Bertz CT molecular complexity index is 1450. The van der Waals surface area contributed by atoms with Crippen LogP contribution in [-0.2, 0) is 15.6 Å². The van der Waals surface area contributed by atoms with Crippen molar-refractivity contribution in [1.82, 2.24) is 0 Å². The van der Waals surface area contributed by atoms with Gasteiger partial charge in [0.05, 0.1) is 17.4 Å². The second kappa shape index (κ2) is 9.71. The number of ketones is 2. The third kappa shape index (κ3) is 5.10. The van der Waals surface area contributed by atoms with E-state index in [9.17, 15) is 14.7 Å². The lowest BCUT2D eigenvalue weighted by molar-refractivity contribution is -0.116. The Kier molecular flexibility index (Phi) is 6.66. The number of Topliss-reactive ketones (excluding diaryl/α,β-unsaturated/α-hetero) is 1. The van der Waals surface area contributed by atoms with Gasteiger partial charge in [0.25, 0.3) is 0 Å². The number of phenols is 1. The molecular weight excluding hydrogens is 484 g/mol. The standard InChI is InChI=1S/C34H38N2O3/c1-33(2,3)23-17-22(18-24(32(23)39)34(4,5)6)30-29-26(13-10-14-28(29)37)35-27-19-21(15-16-25(27)36-30)31(38)20-11-8-7-9-12-20/h7-9,11-12,15-19,30,35-36,39H,10,13-14H2,1-6H3. The summed E-state index contributed by atoms with van der Waals surface area (Å²) in [7, 11) is 0. The first kappa shape index (κ1) is 26.7. The molecule has 3 aromatic rings. The summed E-state index contributed by atoms with van der Waals surface area (Å²) in [4.78, 5) is 26.7. The molecular formula is C34H38N2O3. The molecule has 0 fully saturated rings. The van der Waals surface area contributed by atoms with Crippen LogP contribution in [0.5, 0.6) is 5.75 Å². The van der Waals surface area contributed by atoms with E-state index in [1.165, 1.54) is 0 Å². The number of aromatic hydroxyl groups is 1. The van der Waals surface area contributed by atoms with E-state index < -0.39 is 0 Å². The summed E-state index contributed by atoms with van der Waals surface area (Å²) in [6, 6.07) is 18.6. The number of carbonyl (C=O) groups excluding carboxylic acids is 2. The number of rotatable bonds is 3. The third-order valence-corrected chi connectivity index (χ3v) is 7.73. The molecule has 1 atom stereocenters. The summed E-state index contributed by atoms with van der Waals surface area (Å²) in [5.41, 5.74) is 6.56. The maximum absolute atomic E-state index is 13.5. The fourth-order valence-corrected chi connectivity index (χ4v) is 5.61. The highest BCUT2D eigenvalue weighted by Crippen LogP contribution is 2.45. The molecule has 0 radical (unpaired) electrons. The topological polar surface area (TPSA) is 78.4 Å². The summed E-state index contributed by atoms with van der Waals surface area (Å²) in [6.07, 6.45) is 2.04. The molecule has 0 bridgehead atoms. The molecule has 5 heteroatoms. The Morgan fingerprint density at radius 2 is 1.46 bits per heavy atom. The van der Waals surface area contributed by atoms with Crippen molar-refractivity contribution < 1.29 is 14.7 Å². The van der Waals surface area contributed by atoms with Gasteiger partial charge in [0.1, 0.15) is 5.75 Å². The van der Waals surface area contributed by atoms with Crippen LogP contribution in [0.2, 0.25) is 0 Å². The van der Waals surface area contributed by atoms with Crippen LogP contribution < -0.4 is 10.6 Å². The molecule has 0 spiro atoms. The number of nitrogens with one attached hydrogen (secondary N) is 2. The van der Waals surface area contributed by atoms with E-state index in [0.29, 0.717) is 23.3 Å². The van der Waals surface area contributed by atoms with Crippen LogP contribution in [0.1, 0.15) is 99.5 Å². The molecule has 0 amide bonds. The van der Waals surface area contributed by atoms with E-state index in [-0.39, 0.29) is 28.4 Å². The normalized spacial score (nSPS) is 17.5. The predicted molar refractivity (Wildman–Crippen MR) is 158 cm³/mol. The largest absolute Gasteiger partial charge is 0.507 e. The number of hydrogen-bond acceptors (Lipinski definition) is 5. The number of benzene rings is 3. The smallest absolute Gasteiger partial charge is 0.193 e. The van der Waals surface area contributed by atoms with Gasteiger partial charge in [-0.25, -0.2) is 0 Å². The maximum Gasteiger partial charge on any atom is 0.193 e. The van der Waals surface area contributed by atoms with E-state index in [1.807, 2.05) is 60.7 Å². The number of anilines is 2. The molecule has 5 nitrogen and oxygen atoms in total. The summed E-state index contributed by atoms with van der Waals surface area (Å²) >= 11 is 0. The van der Waals surface area contributed by atoms with E-state index in [2.05, 4.69) is 52.2 Å². The SMILES string of the molecule is CC(C)(C)c1cc(C2Nc3ccc(C(=O)c4ccccc4)cc3NC3=C2C(=O)CCC3)cc(C(C)(C)C)c1O. The van der Waals surface area contributed by atoms with Gasteiger partial charge in [-0.1, -0.05) is 71.9 Å². The van der Waals surface area contributed by atoms with Gasteiger partial charge >= 0.3 is 0 Å². The van der Waals surface area contributed by atoms with Crippen molar-refractivity contribution >= 4 is 22.9 Å². The first-order chi connectivity index (χ1) is 18.3. The second-order valence-corrected chi connectivity index (χ2v) is 12.8. The number of phenolic OH excluding ortho intramolecular Hbond substituents is 1. The highest BCUT2D eigenvalue weighted by atomic mass is 16.3. The zero-order valence-corrected chi connectivity index (χ0v) is 23.7. The summed E-state index contributed by atoms with van der Waals surface area (Å²) < 4.78 is 0. The molecule has 3 N–H and O–H groups in total. The molecule has 39 heavy (non-hydrogen) atoms. The average molecular weight is 523 g/mol. The summed E-state index contributed by atoms with van der Waals surface area (Å²) in [5, 5.41) is 18.5. The zero-order valence-electron chi connectivity index (χ0n) is 23.7. The minimum absolute atomic E-state index is 0.0434. The molecule has 0 saturated heterocycles. The van der Waals surface area contributed by atoms with Gasteiger partial charge in [0, 0.05) is 28.8 Å². The van der Waals surface area contributed by atoms with Crippen LogP contribution >= 0.6 is 0 Å². The quantitative estimate of drug-likeness (QED) is 0.306. The van der Waals surface area contributed by atoms with E-state index in [0.717, 1.165) is 52.2 Å². The van der Waals surface area contributed by atoms with Crippen molar-refractivity contribution in [3.05, 3.63) is 99.8 Å². The van der Waals surface area contributed by atoms with Gasteiger partial charge in [0.15, 0.2) is 11.6 Å². The van der Waals surface area contributed by atoms with Crippen LogP contribution in [0.15, 0.2) is 71.9 Å². The Labute approximate surface area is 231 Å². The van der Waals surface area contributed by atoms with Crippen molar-refractivity contribution in [2.45, 2.75) is 77.7 Å². The Balaban J connectivity index is 1.66. The summed E-state index contributed by atoms with van der Waals surface area (Å²) in [6.45, 7) is 12.6. The molecule has 1 aliphatic carbocycles. The molecule has 3 aromatic carbocycles. The van der Waals surface area contributed by atoms with Gasteiger partial charge in [-0.2, -0.15) is 0 Å². The Morgan fingerprint density at radius 3 is 2.08 bits per heavy atom. The zero-order chi connectivity index (χ0) is 28.1. The maximum atomic E-state index is 13.5. The van der Waals surface area contributed by atoms with Crippen LogP contribution in [0.3, 0.4) is 0 Å². The van der Waals surface area contributed by atoms with Crippen LogP contribution in [0.25, 0.3) is 0 Å². The van der Waals surface area contributed by atoms with E-state index >= 15 is 0 Å². The third-order valence-electron chi connectivity index (χ3n) is 7.73. The van der Waals surface area contributed by atoms with Crippen molar-refractivity contribution in [2.75, 3.05) is 10.6 Å². The highest BCUT2D eigenvalue weighted by Gasteiger charge is 2.35. The lowest BCUT2D eigenvalue weighted by atomic mass is 9.76. The number of allylic oxidation sites excluding steroid dienone is 1. The van der Waals surface area contributed by atoms with Crippen molar-refractivity contribution in [1.29, 1.82) is 0 Å². The van der Waals surface area contributed by atoms with Crippen molar-refractivity contribution in [2.24, 2.45) is 0 Å². The van der Waals surface area contributed by atoms with Gasteiger partial charge in [-0.05, 0) is 70.7 Å². The molecule has 1 unspecified atom stereocenters. The van der Waals surface area contributed by atoms with Crippen LogP contribution in [0.4, 0.5) is 11.4 Å². The lowest BCUT2D eigenvalue weighted by Crippen LogP contribution is -2.25. The molecule has 2 aliphatic rings. The second-order valence-electron chi connectivity index (χ2n) is 12.8.